The van der Waals surface area contributed by atoms with Crippen LogP contribution in [0, 0.1) is 0 Å². The second-order valence-electron chi connectivity index (χ2n) is 14.5. The molecule has 0 spiro atoms. The zero-order chi connectivity index (χ0) is 36.3. The van der Waals surface area contributed by atoms with E-state index in [1.807, 2.05) is 6.92 Å². The molecule has 0 saturated heterocycles. The highest BCUT2D eigenvalue weighted by Crippen LogP contribution is 2.12. The molecule has 50 heavy (non-hydrogen) atoms. The Hall–Kier alpha value is -1.17. The number of carbonyl (C=O) groups excluding carboxylic acids is 1. The molecule has 0 aliphatic carbocycles. The SMILES string of the molecule is CCCCCCCC/C=C\CCCCCCCCOCCN(CCOCCCCCCCC/C=C\CCCCCCCC)CCC(=O)OCC. The third-order valence-corrected chi connectivity index (χ3v) is 9.64. The maximum Gasteiger partial charge on any atom is 0.307 e. The number of carbonyl (C=O) groups is 1. The minimum Gasteiger partial charge on any atom is -0.466 e. The number of rotatable bonds is 42. The van der Waals surface area contributed by atoms with Crippen LogP contribution in [0.3, 0.4) is 0 Å². The highest BCUT2D eigenvalue weighted by Gasteiger charge is 2.09. The van der Waals surface area contributed by atoms with Crippen molar-refractivity contribution in [3.05, 3.63) is 24.3 Å². The maximum absolute atomic E-state index is 11.9. The van der Waals surface area contributed by atoms with E-state index in [2.05, 4.69) is 43.1 Å². The normalized spacial score (nSPS) is 11.9. The number of unbranched alkanes of at least 4 members (excludes halogenated alkanes) is 24. The fourth-order valence-corrected chi connectivity index (χ4v) is 6.31. The Bertz CT molecular complexity index is 661. The topological polar surface area (TPSA) is 48.0 Å². The number of nitrogens with zero attached hydrogens (tertiary/aromatic N) is 1. The van der Waals surface area contributed by atoms with Crippen LogP contribution < -0.4 is 0 Å². The summed E-state index contributed by atoms with van der Waals surface area (Å²) >= 11 is 0. The molecule has 5 heteroatoms. The standard InChI is InChI=1S/C45H87NO4/c1-4-7-9-11-13-15-17-19-21-23-25-27-29-31-33-35-41-48-43-39-46(38-37-45(47)50-6-3)40-44-49-42-36-34-32-30-28-26-24-22-20-18-16-14-12-10-8-5-2/h19-22H,4-18,23-44H2,1-3H3/b21-19-,22-20-. The van der Waals surface area contributed by atoms with Crippen LogP contribution in [0.5, 0.6) is 0 Å². The second kappa shape index (κ2) is 44.0. The third kappa shape index (κ3) is 41.3. The number of allylic oxidation sites excluding steroid dienone is 4. The summed E-state index contributed by atoms with van der Waals surface area (Å²) in [7, 11) is 0. The molecule has 0 aromatic carbocycles. The Balaban J connectivity index is 3.73. The highest BCUT2D eigenvalue weighted by atomic mass is 16.5. The van der Waals surface area contributed by atoms with Crippen molar-refractivity contribution >= 4 is 5.97 Å². The molecule has 0 aromatic rings. The minimum absolute atomic E-state index is 0.118. The number of hydrogen-bond donors (Lipinski definition) is 0. The molecular weight excluding hydrogens is 618 g/mol. The average Bonchev–Trinajstić information content (AvgIpc) is 3.12. The molecule has 0 aliphatic heterocycles. The summed E-state index contributed by atoms with van der Waals surface area (Å²) in [5.41, 5.74) is 0. The maximum atomic E-state index is 11.9. The molecule has 0 saturated carbocycles. The molecule has 0 unspecified atom stereocenters. The Kier molecular flexibility index (Phi) is 43.0. The quantitative estimate of drug-likeness (QED) is 0.0359. The summed E-state index contributed by atoms with van der Waals surface area (Å²) in [5.74, 6) is -0.118. The number of esters is 1. The van der Waals surface area contributed by atoms with Gasteiger partial charge in [-0.3, -0.25) is 9.69 Å². The van der Waals surface area contributed by atoms with Crippen molar-refractivity contribution in [2.24, 2.45) is 0 Å². The Morgan fingerprint density at radius 3 is 1.12 bits per heavy atom. The highest BCUT2D eigenvalue weighted by molar-refractivity contribution is 5.69. The minimum atomic E-state index is -0.118. The van der Waals surface area contributed by atoms with E-state index in [4.69, 9.17) is 14.2 Å². The zero-order valence-electron chi connectivity index (χ0n) is 34.1. The van der Waals surface area contributed by atoms with Crippen LogP contribution in [0.15, 0.2) is 24.3 Å². The van der Waals surface area contributed by atoms with E-state index in [0.29, 0.717) is 32.8 Å². The largest absolute Gasteiger partial charge is 0.466 e. The lowest BCUT2D eigenvalue weighted by Gasteiger charge is -2.22. The third-order valence-electron chi connectivity index (χ3n) is 9.64. The summed E-state index contributed by atoms with van der Waals surface area (Å²) in [6.45, 7) is 12.3. The van der Waals surface area contributed by atoms with Crippen molar-refractivity contribution in [3.63, 3.8) is 0 Å². The molecule has 0 aromatic heterocycles. The first-order valence-corrected chi connectivity index (χ1v) is 22.1. The molecule has 0 amide bonds. The Labute approximate surface area is 313 Å². The molecule has 0 N–H and O–H groups in total. The first-order valence-electron chi connectivity index (χ1n) is 22.1. The van der Waals surface area contributed by atoms with Gasteiger partial charge in [0.2, 0.25) is 0 Å². The van der Waals surface area contributed by atoms with Gasteiger partial charge in [-0.25, -0.2) is 0 Å². The summed E-state index contributed by atoms with van der Waals surface area (Å²) in [4.78, 5) is 14.2. The van der Waals surface area contributed by atoms with E-state index in [-0.39, 0.29) is 5.97 Å². The van der Waals surface area contributed by atoms with Gasteiger partial charge in [-0.1, -0.05) is 154 Å². The van der Waals surface area contributed by atoms with E-state index in [9.17, 15) is 4.79 Å². The van der Waals surface area contributed by atoms with Crippen LogP contribution in [0.4, 0.5) is 0 Å². The molecule has 0 aliphatic rings. The van der Waals surface area contributed by atoms with Crippen molar-refractivity contribution in [2.75, 3.05) is 52.7 Å². The first kappa shape index (κ1) is 48.8. The van der Waals surface area contributed by atoms with Gasteiger partial charge in [0.15, 0.2) is 0 Å². The van der Waals surface area contributed by atoms with E-state index >= 15 is 0 Å². The van der Waals surface area contributed by atoms with Crippen molar-refractivity contribution in [2.45, 2.75) is 207 Å². The molecule has 0 bridgehead atoms. The van der Waals surface area contributed by atoms with E-state index in [0.717, 1.165) is 39.1 Å². The summed E-state index contributed by atoms with van der Waals surface area (Å²) in [5, 5.41) is 0. The van der Waals surface area contributed by atoms with E-state index < -0.39 is 0 Å². The van der Waals surface area contributed by atoms with Crippen molar-refractivity contribution in [1.29, 1.82) is 0 Å². The number of hydrogen-bond acceptors (Lipinski definition) is 5. The van der Waals surface area contributed by atoms with Crippen LogP contribution in [0.25, 0.3) is 0 Å². The molecule has 0 atom stereocenters. The fraction of sp³-hybridized carbons (Fsp3) is 0.889. The van der Waals surface area contributed by atoms with Gasteiger partial charge in [-0.2, -0.15) is 0 Å². The van der Waals surface area contributed by atoms with Gasteiger partial charge in [0.05, 0.1) is 26.2 Å². The second-order valence-corrected chi connectivity index (χ2v) is 14.5. The lowest BCUT2D eigenvalue weighted by Crippen LogP contribution is -2.33. The van der Waals surface area contributed by atoms with Crippen LogP contribution in [-0.2, 0) is 19.0 Å². The lowest BCUT2D eigenvalue weighted by molar-refractivity contribution is -0.143. The number of ether oxygens (including phenoxy) is 3. The van der Waals surface area contributed by atoms with Gasteiger partial charge in [0.25, 0.3) is 0 Å². The van der Waals surface area contributed by atoms with Crippen LogP contribution in [0.1, 0.15) is 207 Å². The first-order chi connectivity index (χ1) is 24.7. The van der Waals surface area contributed by atoms with Crippen molar-refractivity contribution in [1.82, 2.24) is 4.90 Å². The summed E-state index contributed by atoms with van der Waals surface area (Å²) < 4.78 is 17.1. The Morgan fingerprint density at radius 1 is 0.420 bits per heavy atom. The van der Waals surface area contributed by atoms with Crippen molar-refractivity contribution < 1.29 is 19.0 Å². The van der Waals surface area contributed by atoms with Crippen LogP contribution in [-0.4, -0.2) is 63.5 Å². The van der Waals surface area contributed by atoms with E-state index in [1.54, 1.807) is 0 Å². The molecule has 5 nitrogen and oxygen atoms in total. The monoisotopic (exact) mass is 706 g/mol. The fourth-order valence-electron chi connectivity index (χ4n) is 6.31. The molecule has 0 rings (SSSR count). The van der Waals surface area contributed by atoms with Gasteiger partial charge in [0.1, 0.15) is 0 Å². The lowest BCUT2D eigenvalue weighted by atomic mass is 10.1. The average molecular weight is 706 g/mol. The molecular formula is C45H87NO4. The smallest absolute Gasteiger partial charge is 0.307 e. The summed E-state index contributed by atoms with van der Waals surface area (Å²) in [6, 6.07) is 0. The molecule has 0 fully saturated rings. The zero-order valence-corrected chi connectivity index (χ0v) is 34.1. The Morgan fingerprint density at radius 2 is 0.760 bits per heavy atom. The van der Waals surface area contributed by atoms with E-state index in [1.165, 1.54) is 167 Å². The van der Waals surface area contributed by atoms with Gasteiger partial charge >= 0.3 is 5.97 Å². The van der Waals surface area contributed by atoms with Crippen molar-refractivity contribution in [3.8, 4) is 0 Å². The summed E-state index contributed by atoms with van der Waals surface area (Å²) in [6.07, 6.45) is 47.1. The van der Waals surface area contributed by atoms with Crippen LogP contribution in [0.2, 0.25) is 0 Å². The van der Waals surface area contributed by atoms with Gasteiger partial charge in [0, 0.05) is 32.8 Å². The molecule has 0 heterocycles. The molecule has 0 radical (unpaired) electrons. The molecule has 296 valence electrons. The van der Waals surface area contributed by atoms with Crippen LogP contribution >= 0.6 is 0 Å². The predicted molar refractivity (Wildman–Crippen MR) is 218 cm³/mol. The van der Waals surface area contributed by atoms with Gasteiger partial charge < -0.3 is 14.2 Å². The van der Waals surface area contributed by atoms with Gasteiger partial charge in [-0.05, 0) is 71.1 Å². The predicted octanol–water partition coefficient (Wildman–Crippen LogP) is 13.3. The van der Waals surface area contributed by atoms with Gasteiger partial charge in [-0.15, -0.1) is 0 Å².